The lowest BCUT2D eigenvalue weighted by Crippen LogP contribution is -2.40. The molecule has 0 bridgehead atoms. The van der Waals surface area contributed by atoms with Crippen LogP contribution in [-0.2, 0) is 32.8 Å². The number of hydrogen-bond acceptors (Lipinski definition) is 5. The number of carbonyl (C=O) groups excluding carboxylic acids is 1. The van der Waals surface area contributed by atoms with E-state index in [9.17, 15) is 40.7 Å². The molecule has 1 aliphatic rings. The van der Waals surface area contributed by atoms with Crippen molar-refractivity contribution in [3.8, 4) is 0 Å². The Labute approximate surface area is 256 Å². The van der Waals surface area contributed by atoms with Crippen LogP contribution in [0.4, 0.5) is 28.9 Å². The van der Waals surface area contributed by atoms with Crippen molar-refractivity contribution < 1.29 is 40.7 Å². The molecule has 1 aliphatic carbocycles. The molecule has 3 atom stereocenters. The average Bonchev–Trinajstić information content (AvgIpc) is 3.28. The van der Waals surface area contributed by atoms with Gasteiger partial charge in [0, 0.05) is 14.1 Å². The fraction of sp³-hybridized carbons (Fsp3) is 0.323. The summed E-state index contributed by atoms with van der Waals surface area (Å²) < 4.78 is 83.0. The van der Waals surface area contributed by atoms with Crippen molar-refractivity contribution in [3.05, 3.63) is 83.4 Å². The van der Waals surface area contributed by atoms with E-state index < -0.39 is 62.9 Å². The van der Waals surface area contributed by atoms with Crippen LogP contribution in [0.3, 0.4) is 0 Å². The number of aliphatic carboxylic acids is 1. The third kappa shape index (κ3) is 6.10. The number of carboxylic acid groups (broad SMARTS) is 1. The molecular formula is C31H30F4N4O5S. The second kappa shape index (κ2) is 11.8. The van der Waals surface area contributed by atoms with Crippen LogP contribution in [0.5, 0.6) is 0 Å². The first-order chi connectivity index (χ1) is 21.1. The molecule has 1 heterocycles. The fourth-order valence-corrected chi connectivity index (χ4v) is 7.13. The van der Waals surface area contributed by atoms with E-state index in [1.165, 1.54) is 19.2 Å². The zero-order valence-corrected chi connectivity index (χ0v) is 25.3. The normalized spacial score (nSPS) is 19.0. The highest BCUT2D eigenvalue weighted by Crippen LogP contribution is 2.43. The largest absolute Gasteiger partial charge is 0.481 e. The molecule has 1 unspecified atom stereocenters. The van der Waals surface area contributed by atoms with Gasteiger partial charge in [0.1, 0.15) is 11.6 Å². The summed E-state index contributed by atoms with van der Waals surface area (Å²) >= 11 is 0. The minimum Gasteiger partial charge on any atom is -0.481 e. The number of benzene rings is 3. The maximum atomic E-state index is 14.4. The van der Waals surface area contributed by atoms with E-state index in [1.807, 2.05) is 18.5 Å². The van der Waals surface area contributed by atoms with Gasteiger partial charge in [-0.15, -0.1) is 0 Å². The summed E-state index contributed by atoms with van der Waals surface area (Å²) in [6, 6.07) is 12.7. The second-order valence-corrected chi connectivity index (χ2v) is 13.1. The van der Waals surface area contributed by atoms with Gasteiger partial charge in [-0.25, -0.2) is 17.8 Å². The molecule has 5 rings (SSSR count). The molecule has 0 spiro atoms. The zero-order valence-electron chi connectivity index (χ0n) is 24.5. The molecule has 0 saturated heterocycles. The van der Waals surface area contributed by atoms with Crippen LogP contribution in [0.2, 0.25) is 0 Å². The highest BCUT2D eigenvalue weighted by molar-refractivity contribution is 7.92. The van der Waals surface area contributed by atoms with Crippen LogP contribution in [-0.4, -0.2) is 42.0 Å². The number of sulfonamides is 1. The first kappa shape index (κ1) is 31.9. The van der Waals surface area contributed by atoms with Crippen molar-refractivity contribution >= 4 is 44.3 Å². The Kier molecular flexibility index (Phi) is 8.38. The number of carboxylic acids is 1. The SMILES string of the molecule is Cc1nc2cc(S(=O)(=O)N(C)c3ccc([C@H]4CCCC(C(=O)Nc5ccc(C(F)(F)F)cc5F)[C@@H]4C(=O)O)cc3)ccc2n1C. The number of nitrogens with one attached hydrogen (secondary N) is 1. The highest BCUT2D eigenvalue weighted by atomic mass is 32.2. The second-order valence-electron chi connectivity index (χ2n) is 11.1. The number of aromatic nitrogens is 2. The predicted molar refractivity (Wildman–Crippen MR) is 159 cm³/mol. The number of halogens is 4. The lowest BCUT2D eigenvalue weighted by atomic mass is 9.69. The minimum atomic E-state index is -4.77. The quantitative estimate of drug-likeness (QED) is 0.235. The molecule has 1 saturated carbocycles. The molecule has 14 heteroatoms. The van der Waals surface area contributed by atoms with E-state index in [1.54, 1.807) is 30.3 Å². The number of fused-ring (bicyclic) bond motifs is 1. The van der Waals surface area contributed by atoms with Crippen molar-refractivity contribution in [3.63, 3.8) is 0 Å². The van der Waals surface area contributed by atoms with E-state index in [2.05, 4.69) is 10.3 Å². The molecule has 1 fully saturated rings. The van der Waals surface area contributed by atoms with Gasteiger partial charge in [-0.1, -0.05) is 18.6 Å². The molecule has 3 aromatic carbocycles. The van der Waals surface area contributed by atoms with Gasteiger partial charge in [0.05, 0.1) is 44.7 Å². The summed E-state index contributed by atoms with van der Waals surface area (Å²) in [5.74, 6) is -5.55. The first-order valence-corrected chi connectivity index (χ1v) is 15.5. The number of carbonyl (C=O) groups is 2. The van der Waals surface area contributed by atoms with Crippen molar-refractivity contribution in [1.82, 2.24) is 9.55 Å². The lowest BCUT2D eigenvalue weighted by molar-refractivity contribution is -0.148. The number of rotatable bonds is 7. The average molecular weight is 647 g/mol. The minimum absolute atomic E-state index is 0.0521. The third-order valence-corrected chi connectivity index (χ3v) is 10.3. The van der Waals surface area contributed by atoms with Gasteiger partial charge in [0.15, 0.2) is 0 Å². The number of anilines is 2. The van der Waals surface area contributed by atoms with Crippen molar-refractivity contribution in [2.24, 2.45) is 18.9 Å². The number of nitrogens with zero attached hydrogens (tertiary/aromatic N) is 3. The van der Waals surface area contributed by atoms with Gasteiger partial charge in [0.25, 0.3) is 10.0 Å². The molecule has 45 heavy (non-hydrogen) atoms. The van der Waals surface area contributed by atoms with E-state index in [-0.39, 0.29) is 17.4 Å². The topological polar surface area (TPSA) is 122 Å². The Morgan fingerprint density at radius 2 is 1.73 bits per heavy atom. The molecule has 2 N–H and O–H groups in total. The van der Waals surface area contributed by atoms with E-state index in [0.717, 1.165) is 21.7 Å². The number of amides is 1. The molecular weight excluding hydrogens is 616 g/mol. The maximum absolute atomic E-state index is 14.4. The lowest BCUT2D eigenvalue weighted by Gasteiger charge is -2.35. The Morgan fingerprint density at radius 1 is 1.04 bits per heavy atom. The number of hydrogen-bond donors (Lipinski definition) is 2. The molecule has 4 aromatic rings. The van der Waals surface area contributed by atoms with Crippen LogP contribution in [0, 0.1) is 24.6 Å². The Hall–Kier alpha value is -4.46. The van der Waals surface area contributed by atoms with Gasteiger partial charge in [-0.3, -0.25) is 13.9 Å². The van der Waals surface area contributed by atoms with Gasteiger partial charge in [-0.2, -0.15) is 13.2 Å². The number of imidazole rings is 1. The van der Waals surface area contributed by atoms with Crippen LogP contribution in [0.25, 0.3) is 11.0 Å². The van der Waals surface area contributed by atoms with Gasteiger partial charge in [-0.05, 0) is 79.8 Å². The van der Waals surface area contributed by atoms with Gasteiger partial charge >= 0.3 is 12.1 Å². The fourth-order valence-electron chi connectivity index (χ4n) is 5.92. The predicted octanol–water partition coefficient (Wildman–Crippen LogP) is 6.09. The van der Waals surface area contributed by atoms with Crippen LogP contribution >= 0.6 is 0 Å². The monoisotopic (exact) mass is 646 g/mol. The van der Waals surface area contributed by atoms with Gasteiger partial charge < -0.3 is 15.0 Å². The van der Waals surface area contributed by atoms with E-state index in [4.69, 9.17) is 0 Å². The van der Waals surface area contributed by atoms with Gasteiger partial charge in [0.2, 0.25) is 5.91 Å². The highest BCUT2D eigenvalue weighted by Gasteiger charge is 2.43. The summed E-state index contributed by atoms with van der Waals surface area (Å²) in [5, 5.41) is 12.4. The Balaban J connectivity index is 1.35. The smallest absolute Gasteiger partial charge is 0.416 e. The molecule has 0 aliphatic heterocycles. The Morgan fingerprint density at radius 3 is 2.36 bits per heavy atom. The summed E-state index contributed by atoms with van der Waals surface area (Å²) in [6.45, 7) is 1.82. The van der Waals surface area contributed by atoms with Crippen LogP contribution in [0.15, 0.2) is 65.6 Å². The summed E-state index contributed by atoms with van der Waals surface area (Å²) in [5.41, 5.74) is 0.522. The summed E-state index contributed by atoms with van der Waals surface area (Å²) in [6.07, 6.45) is -3.70. The van der Waals surface area contributed by atoms with Crippen molar-refractivity contribution in [2.45, 2.75) is 43.2 Å². The van der Waals surface area contributed by atoms with E-state index >= 15 is 0 Å². The zero-order chi connectivity index (χ0) is 32.8. The van der Waals surface area contributed by atoms with Crippen molar-refractivity contribution in [1.29, 1.82) is 0 Å². The Bertz CT molecular complexity index is 1890. The van der Waals surface area contributed by atoms with Crippen molar-refractivity contribution in [2.75, 3.05) is 16.7 Å². The molecule has 1 aromatic heterocycles. The number of aryl methyl sites for hydroxylation is 2. The first-order valence-electron chi connectivity index (χ1n) is 14.0. The standard InChI is InChI=1S/C31H30F4N4O5S/c1-17-36-26-16-21(12-14-27(26)38(17)2)45(43,44)39(3)20-10-7-18(8-11-20)22-5-4-6-23(28(22)30(41)42)29(40)37-25-13-9-19(15-24(25)32)31(33,34)35/h7-16,22-23,28H,4-6H2,1-3H3,(H,37,40)(H,41,42)/t22-,23?,28-/m1/s1. The van der Waals surface area contributed by atoms with Crippen LogP contribution < -0.4 is 9.62 Å². The maximum Gasteiger partial charge on any atom is 0.416 e. The molecule has 9 nitrogen and oxygen atoms in total. The number of alkyl halides is 3. The molecule has 238 valence electrons. The molecule has 1 amide bonds. The van der Waals surface area contributed by atoms with Crippen LogP contribution in [0.1, 0.15) is 42.1 Å². The molecule has 0 radical (unpaired) electrons. The third-order valence-electron chi connectivity index (χ3n) is 8.49. The van der Waals surface area contributed by atoms with E-state index in [0.29, 0.717) is 35.7 Å². The summed E-state index contributed by atoms with van der Waals surface area (Å²) in [4.78, 5) is 30.0. The summed E-state index contributed by atoms with van der Waals surface area (Å²) in [7, 11) is -0.732.